The van der Waals surface area contributed by atoms with Gasteiger partial charge in [0.05, 0.1) is 18.6 Å². The van der Waals surface area contributed by atoms with E-state index in [9.17, 15) is 40.7 Å². The van der Waals surface area contributed by atoms with E-state index >= 15 is 0 Å². The van der Waals surface area contributed by atoms with E-state index < -0.39 is 42.4 Å². The number of amides is 1. The van der Waals surface area contributed by atoms with Crippen molar-refractivity contribution in [3.8, 4) is 11.1 Å². The Labute approximate surface area is 208 Å². The van der Waals surface area contributed by atoms with Gasteiger partial charge in [0, 0.05) is 30.8 Å². The maximum absolute atomic E-state index is 13.5. The van der Waals surface area contributed by atoms with Gasteiger partial charge in [0.15, 0.2) is 0 Å². The van der Waals surface area contributed by atoms with Crippen LogP contribution in [-0.2, 0) is 40.0 Å². The van der Waals surface area contributed by atoms with Crippen molar-refractivity contribution in [2.24, 2.45) is 5.92 Å². The molecule has 0 saturated heterocycles. The Hall–Kier alpha value is -3.31. The van der Waals surface area contributed by atoms with Crippen LogP contribution in [0.25, 0.3) is 11.1 Å². The predicted octanol–water partition coefficient (Wildman–Crippen LogP) is 4.96. The van der Waals surface area contributed by atoms with Crippen LogP contribution in [0.15, 0.2) is 35.3 Å². The number of benzene rings is 1. The van der Waals surface area contributed by atoms with Crippen LogP contribution in [0.2, 0.25) is 0 Å². The second-order valence-electron chi connectivity index (χ2n) is 8.79. The van der Waals surface area contributed by atoms with E-state index in [4.69, 9.17) is 4.74 Å². The minimum absolute atomic E-state index is 0.0181. The van der Waals surface area contributed by atoms with Crippen LogP contribution < -0.4 is 5.56 Å². The molecule has 0 N–H and O–H groups in total. The van der Waals surface area contributed by atoms with Crippen molar-refractivity contribution in [1.82, 2.24) is 9.47 Å². The van der Waals surface area contributed by atoms with Gasteiger partial charge in [-0.15, -0.1) is 0 Å². The molecule has 6 nitrogen and oxygen atoms in total. The van der Waals surface area contributed by atoms with Crippen molar-refractivity contribution in [3.63, 3.8) is 0 Å². The molecular formula is C25H26F6N2O4. The molecule has 1 aliphatic rings. The molecule has 0 spiro atoms. The van der Waals surface area contributed by atoms with Gasteiger partial charge in [-0.2, -0.15) is 26.3 Å². The van der Waals surface area contributed by atoms with Crippen LogP contribution in [0.4, 0.5) is 26.3 Å². The van der Waals surface area contributed by atoms with Crippen LogP contribution in [0.5, 0.6) is 0 Å². The van der Waals surface area contributed by atoms with Gasteiger partial charge in [-0.1, -0.05) is 6.07 Å². The summed E-state index contributed by atoms with van der Waals surface area (Å²) >= 11 is 0. The Balaban J connectivity index is 2.18. The van der Waals surface area contributed by atoms with Crippen LogP contribution >= 0.6 is 0 Å². The lowest BCUT2D eigenvalue weighted by Crippen LogP contribution is -2.32. The van der Waals surface area contributed by atoms with Crippen molar-refractivity contribution < 1.29 is 40.7 Å². The number of hydrogen-bond acceptors (Lipinski definition) is 4. The zero-order valence-electron chi connectivity index (χ0n) is 20.2. The highest BCUT2D eigenvalue weighted by Crippen LogP contribution is 2.35. The Morgan fingerprint density at radius 1 is 1.05 bits per heavy atom. The molecule has 0 radical (unpaired) electrons. The summed E-state index contributed by atoms with van der Waals surface area (Å²) in [5, 5.41) is 0. The van der Waals surface area contributed by atoms with Crippen molar-refractivity contribution in [3.05, 3.63) is 57.5 Å². The van der Waals surface area contributed by atoms with Crippen LogP contribution in [0.1, 0.15) is 43.4 Å². The Kier molecular flexibility index (Phi) is 8.38. The summed E-state index contributed by atoms with van der Waals surface area (Å²) in [6.45, 7) is 1.48. The number of carbonyl (C=O) groups excluding carboxylic acids is 2. The molecule has 0 unspecified atom stereocenters. The molecule has 37 heavy (non-hydrogen) atoms. The lowest BCUT2D eigenvalue weighted by atomic mass is 9.96. The number of aromatic nitrogens is 1. The first kappa shape index (κ1) is 28.3. The highest BCUT2D eigenvalue weighted by molar-refractivity contribution is 5.81. The minimum Gasteiger partial charge on any atom is -0.466 e. The number of alkyl halides is 6. The molecule has 1 fully saturated rings. The maximum atomic E-state index is 13.5. The van der Waals surface area contributed by atoms with Gasteiger partial charge >= 0.3 is 18.3 Å². The largest absolute Gasteiger partial charge is 0.466 e. The lowest BCUT2D eigenvalue weighted by Gasteiger charge is -2.24. The Morgan fingerprint density at radius 2 is 1.73 bits per heavy atom. The summed E-state index contributed by atoms with van der Waals surface area (Å²) in [5.41, 5.74) is -2.52. The third-order valence-electron chi connectivity index (χ3n) is 5.85. The van der Waals surface area contributed by atoms with Gasteiger partial charge < -0.3 is 14.2 Å². The second-order valence-corrected chi connectivity index (χ2v) is 8.79. The average molecular weight is 532 g/mol. The number of halogens is 6. The highest BCUT2D eigenvalue weighted by Gasteiger charge is 2.35. The number of carbonyl (C=O) groups is 2. The van der Waals surface area contributed by atoms with Crippen molar-refractivity contribution >= 4 is 11.9 Å². The Bertz CT molecular complexity index is 1220. The molecule has 0 atom stereocenters. The summed E-state index contributed by atoms with van der Waals surface area (Å²) in [5.74, 6) is -1.20. The van der Waals surface area contributed by atoms with E-state index in [1.807, 2.05) is 0 Å². The fourth-order valence-electron chi connectivity index (χ4n) is 3.98. The molecule has 1 amide bonds. The van der Waals surface area contributed by atoms with Gasteiger partial charge in [-0.05, 0) is 61.6 Å². The normalized spacial score (nSPS) is 13.9. The van der Waals surface area contributed by atoms with E-state index in [2.05, 4.69) is 0 Å². The molecule has 0 bridgehead atoms. The first-order valence-corrected chi connectivity index (χ1v) is 11.7. The first-order valence-electron chi connectivity index (χ1n) is 11.7. The molecule has 1 aliphatic carbocycles. The number of pyridine rings is 1. The summed E-state index contributed by atoms with van der Waals surface area (Å²) in [4.78, 5) is 39.1. The molecular weight excluding hydrogens is 506 g/mol. The van der Waals surface area contributed by atoms with Gasteiger partial charge in [-0.3, -0.25) is 14.4 Å². The maximum Gasteiger partial charge on any atom is 0.416 e. The van der Waals surface area contributed by atoms with E-state index in [1.165, 1.54) is 11.0 Å². The molecule has 1 saturated carbocycles. The number of ether oxygens (including phenoxy) is 1. The molecule has 0 aliphatic heterocycles. The van der Waals surface area contributed by atoms with Crippen molar-refractivity contribution in [2.75, 3.05) is 13.2 Å². The van der Waals surface area contributed by atoms with Gasteiger partial charge in [0.2, 0.25) is 5.91 Å². The fraction of sp³-hybridized carbons (Fsp3) is 0.480. The zero-order valence-corrected chi connectivity index (χ0v) is 20.2. The second kappa shape index (κ2) is 11.0. The average Bonchev–Trinajstić information content (AvgIpc) is 3.63. The summed E-state index contributed by atoms with van der Waals surface area (Å²) in [6.07, 6.45) is -7.73. The highest BCUT2D eigenvalue weighted by atomic mass is 19.4. The van der Waals surface area contributed by atoms with Crippen LogP contribution in [-0.4, -0.2) is 40.7 Å². The van der Waals surface area contributed by atoms with Crippen molar-refractivity contribution in [1.29, 1.82) is 0 Å². The predicted molar refractivity (Wildman–Crippen MR) is 121 cm³/mol. The smallest absolute Gasteiger partial charge is 0.416 e. The summed E-state index contributed by atoms with van der Waals surface area (Å²) in [6, 6.07) is 3.71. The molecule has 1 aromatic heterocycles. The van der Waals surface area contributed by atoms with Crippen molar-refractivity contribution in [2.45, 2.75) is 58.6 Å². The minimum atomic E-state index is -4.78. The number of hydrogen-bond donors (Lipinski definition) is 0. The summed E-state index contributed by atoms with van der Waals surface area (Å²) in [7, 11) is 0. The van der Waals surface area contributed by atoms with E-state index in [1.54, 1.807) is 13.8 Å². The van der Waals surface area contributed by atoms with E-state index in [0.717, 1.165) is 24.4 Å². The third kappa shape index (κ3) is 7.36. The zero-order chi connectivity index (χ0) is 27.5. The van der Waals surface area contributed by atoms with E-state index in [-0.39, 0.29) is 53.8 Å². The van der Waals surface area contributed by atoms with Gasteiger partial charge in [-0.25, -0.2) is 0 Å². The third-order valence-corrected chi connectivity index (χ3v) is 5.85. The Morgan fingerprint density at radius 3 is 2.27 bits per heavy atom. The number of esters is 1. The monoisotopic (exact) mass is 532 g/mol. The van der Waals surface area contributed by atoms with Crippen LogP contribution in [0.3, 0.4) is 0 Å². The molecule has 12 heteroatoms. The standard InChI is InChI=1S/C25H26F6N2O4/c1-3-32(22(35)16-5-6-16)13-17-11-18(25(29,30)31)7-8-19(17)20-9-15(10-21(34)37-4-2)12-33(23(20)36)14-24(26,27)28/h7-9,11-12,16H,3-6,10,13-14H2,1-2H3. The van der Waals surface area contributed by atoms with Gasteiger partial charge in [0.1, 0.15) is 6.54 Å². The van der Waals surface area contributed by atoms with Crippen LogP contribution in [0, 0.1) is 5.92 Å². The fourth-order valence-corrected chi connectivity index (χ4v) is 3.98. The molecule has 3 rings (SSSR count). The van der Waals surface area contributed by atoms with E-state index in [0.29, 0.717) is 17.4 Å². The topological polar surface area (TPSA) is 68.6 Å². The number of nitrogens with zero attached hydrogens (tertiary/aromatic N) is 2. The molecule has 1 heterocycles. The van der Waals surface area contributed by atoms with Gasteiger partial charge in [0.25, 0.3) is 5.56 Å². The lowest BCUT2D eigenvalue weighted by molar-refractivity contribution is -0.142. The molecule has 202 valence electrons. The number of rotatable bonds is 9. The molecule has 2 aromatic rings. The first-order chi connectivity index (χ1) is 17.2. The summed E-state index contributed by atoms with van der Waals surface area (Å²) < 4.78 is 85.3. The molecule has 1 aromatic carbocycles. The SMILES string of the molecule is CCOC(=O)Cc1cc(-c2ccc(C(F)(F)F)cc2CN(CC)C(=O)C2CC2)c(=O)n(CC(F)(F)F)c1. The quantitative estimate of drug-likeness (QED) is 0.338.